The molecule has 0 aliphatic heterocycles. The number of fused-ring (bicyclic) bond motifs is 6. The van der Waals surface area contributed by atoms with Crippen LogP contribution in [-0.2, 0) is 0 Å². The van der Waals surface area contributed by atoms with E-state index in [1.165, 1.54) is 0 Å². The third-order valence-corrected chi connectivity index (χ3v) is 15.8. The minimum atomic E-state index is 0.590. The number of aromatic nitrogens is 16. The lowest BCUT2D eigenvalue weighted by atomic mass is 9.99. The van der Waals surface area contributed by atoms with E-state index >= 15 is 0 Å². The molecule has 0 unspecified atom stereocenters. The Kier molecular flexibility index (Phi) is 12.8. The van der Waals surface area contributed by atoms with E-state index < -0.39 is 0 Å². The Morgan fingerprint density at radius 3 is 0.920 bits per heavy atom. The van der Waals surface area contributed by atoms with Gasteiger partial charge in [0.1, 0.15) is 46.6 Å². The summed E-state index contributed by atoms with van der Waals surface area (Å²) in [7, 11) is 0. The SMILES string of the molecule is Cc1nc(C)nc(-c2ccc3c(c2)c2cc(-c4nc(C)nc(C)n4)ccc2n3-c2cccc(-c3cc(-c4nc(-c5ccccc5)cc(-c5ccccc5)n4)ccc3-n3c4ccc(-c5nc(C)nc(C)n5)cc4c4cc(-c5nc(C)nc(C)n5)ccc43)c2)n1. The average Bonchev–Trinajstić information content (AvgIpc) is 1.61. The molecule has 15 rings (SSSR count). The molecule has 15 aromatic rings. The summed E-state index contributed by atoms with van der Waals surface area (Å²) in [5.74, 6) is 8.26. The van der Waals surface area contributed by atoms with Gasteiger partial charge in [0.25, 0.3) is 0 Å². The number of hydrogen-bond acceptors (Lipinski definition) is 14. The van der Waals surface area contributed by atoms with Crippen molar-refractivity contribution in [2.45, 2.75) is 55.4 Å². The molecule has 0 aliphatic carbocycles. The molecule has 0 saturated carbocycles. The summed E-state index contributed by atoms with van der Waals surface area (Å²) in [6.07, 6.45) is 0. The number of aryl methyl sites for hydroxylation is 8. The van der Waals surface area contributed by atoms with Gasteiger partial charge in [0, 0.05) is 71.7 Å². The molecule has 0 bridgehead atoms. The van der Waals surface area contributed by atoms with Gasteiger partial charge >= 0.3 is 0 Å². The lowest BCUT2D eigenvalue weighted by Crippen LogP contribution is -2.01. The Balaban J connectivity index is 0.987. The quantitative estimate of drug-likeness (QED) is 0.126. The summed E-state index contributed by atoms with van der Waals surface area (Å²) in [6.45, 7) is 15.2. The van der Waals surface area contributed by atoms with E-state index in [0.717, 1.165) is 116 Å². The first-order chi connectivity index (χ1) is 42.8. The highest BCUT2D eigenvalue weighted by atomic mass is 15.1. The van der Waals surface area contributed by atoms with E-state index in [1.807, 2.05) is 91.8 Å². The summed E-state index contributed by atoms with van der Waals surface area (Å²) in [6, 6.07) is 63.8. The Morgan fingerprint density at radius 2 is 0.545 bits per heavy atom. The van der Waals surface area contributed by atoms with Crippen LogP contribution in [0.5, 0.6) is 0 Å². The molecule has 422 valence electrons. The van der Waals surface area contributed by atoms with Gasteiger partial charge in [0.05, 0.1) is 39.1 Å². The van der Waals surface area contributed by atoms with Crippen LogP contribution >= 0.6 is 0 Å². The van der Waals surface area contributed by atoms with Crippen LogP contribution in [-0.4, -0.2) is 78.9 Å². The standard InChI is InChI=1S/C72H54N16/c1-39-73-40(2)78-68(77-39)51-23-28-64-57(34-51)58-35-52(69-79-41(3)74-42(4)80-69)24-29-65(58)87(64)55-21-15-20-49(32-55)56-33-50(72-85-61(47-16-11-9-12-17-47)38-62(86-72)48-18-13-10-14-19-48)22-27-63(56)88-66-30-25-53(70-81-43(5)75-44(6)82-70)36-59(66)60-37-54(26-31-67(60)88)71-83-45(7)76-46(8)84-71/h9-38H,1-8H3. The minimum Gasteiger partial charge on any atom is -0.309 e. The molecule has 0 spiro atoms. The zero-order valence-corrected chi connectivity index (χ0v) is 49.5. The van der Waals surface area contributed by atoms with Crippen LogP contribution < -0.4 is 0 Å². The fourth-order valence-corrected chi connectivity index (χ4v) is 12.1. The van der Waals surface area contributed by atoms with E-state index in [-0.39, 0.29) is 0 Å². The lowest BCUT2D eigenvalue weighted by molar-refractivity contribution is 0.928. The van der Waals surface area contributed by atoms with Gasteiger partial charge in [-0.3, -0.25) is 0 Å². The second kappa shape index (κ2) is 21.2. The fraction of sp³-hybridized carbons (Fsp3) is 0.111. The van der Waals surface area contributed by atoms with Crippen molar-refractivity contribution in [1.29, 1.82) is 0 Å². The third kappa shape index (κ3) is 9.71. The minimum absolute atomic E-state index is 0.590. The maximum Gasteiger partial charge on any atom is 0.163 e. The second-order valence-electron chi connectivity index (χ2n) is 22.1. The van der Waals surface area contributed by atoms with Crippen molar-refractivity contribution in [2.75, 3.05) is 0 Å². The highest BCUT2D eigenvalue weighted by molar-refractivity contribution is 6.13. The van der Waals surface area contributed by atoms with Crippen LogP contribution in [0, 0.1) is 55.4 Å². The summed E-state index contributed by atoms with van der Waals surface area (Å²) in [5.41, 5.74) is 15.7. The van der Waals surface area contributed by atoms with E-state index in [9.17, 15) is 0 Å². The number of rotatable bonds is 10. The predicted molar refractivity (Wildman–Crippen MR) is 346 cm³/mol. The highest BCUT2D eigenvalue weighted by Gasteiger charge is 2.23. The summed E-state index contributed by atoms with van der Waals surface area (Å²) in [5, 5.41) is 4.02. The maximum absolute atomic E-state index is 5.35. The van der Waals surface area contributed by atoms with Gasteiger partial charge in [-0.25, -0.2) is 69.8 Å². The molecule has 8 aromatic carbocycles. The van der Waals surface area contributed by atoms with Crippen LogP contribution in [0.3, 0.4) is 0 Å². The van der Waals surface area contributed by atoms with Crippen molar-refractivity contribution in [3.05, 3.63) is 229 Å². The van der Waals surface area contributed by atoms with Crippen LogP contribution in [0.15, 0.2) is 182 Å². The molecule has 0 saturated heterocycles. The Morgan fingerprint density at radius 1 is 0.227 bits per heavy atom. The molecule has 7 aromatic heterocycles. The first-order valence-electron chi connectivity index (χ1n) is 29.0. The largest absolute Gasteiger partial charge is 0.309 e. The summed E-state index contributed by atoms with van der Waals surface area (Å²) < 4.78 is 4.68. The predicted octanol–water partition coefficient (Wildman–Crippen LogP) is 15.2. The second-order valence-corrected chi connectivity index (χ2v) is 22.1. The van der Waals surface area contributed by atoms with E-state index in [1.54, 1.807) is 0 Å². The summed E-state index contributed by atoms with van der Waals surface area (Å²) in [4.78, 5) is 67.1. The number of benzene rings is 8. The average molecular weight is 1140 g/mol. The molecule has 16 nitrogen and oxygen atoms in total. The molecule has 0 radical (unpaired) electrons. The van der Waals surface area contributed by atoms with Gasteiger partial charge in [0.15, 0.2) is 29.1 Å². The van der Waals surface area contributed by atoms with E-state index in [2.05, 4.69) is 175 Å². The molecule has 16 heteroatoms. The zero-order chi connectivity index (χ0) is 59.9. The maximum atomic E-state index is 5.35. The number of nitrogens with zero attached hydrogens (tertiary/aromatic N) is 16. The Hall–Kier alpha value is -11.5. The molecule has 0 atom stereocenters. The van der Waals surface area contributed by atoms with Crippen molar-refractivity contribution in [2.24, 2.45) is 0 Å². The van der Waals surface area contributed by atoms with Crippen molar-refractivity contribution >= 4 is 43.6 Å². The van der Waals surface area contributed by atoms with Gasteiger partial charge in [-0.05, 0) is 170 Å². The van der Waals surface area contributed by atoms with E-state index in [0.29, 0.717) is 75.7 Å². The monoisotopic (exact) mass is 1140 g/mol. The molecule has 7 heterocycles. The van der Waals surface area contributed by atoms with Crippen LogP contribution in [0.25, 0.3) is 146 Å². The third-order valence-electron chi connectivity index (χ3n) is 15.8. The Labute approximate surface area is 506 Å². The molecule has 0 fully saturated rings. The van der Waals surface area contributed by atoms with Crippen LogP contribution in [0.1, 0.15) is 46.6 Å². The molecular weight excluding hydrogens is 1090 g/mol. The van der Waals surface area contributed by atoms with Gasteiger partial charge in [-0.1, -0.05) is 72.8 Å². The topological polar surface area (TPSA) is 190 Å². The molecule has 0 aliphatic rings. The fourth-order valence-electron chi connectivity index (χ4n) is 12.1. The normalized spacial score (nSPS) is 11.6. The Bertz CT molecular complexity index is 4970. The van der Waals surface area contributed by atoms with Gasteiger partial charge in [0.2, 0.25) is 0 Å². The molecular formula is C72H54N16. The van der Waals surface area contributed by atoms with Crippen molar-refractivity contribution in [1.82, 2.24) is 78.9 Å². The summed E-state index contributed by atoms with van der Waals surface area (Å²) >= 11 is 0. The van der Waals surface area contributed by atoms with Gasteiger partial charge in [-0.2, -0.15) is 0 Å². The number of hydrogen-bond donors (Lipinski definition) is 0. The van der Waals surface area contributed by atoms with Crippen molar-refractivity contribution in [3.63, 3.8) is 0 Å². The van der Waals surface area contributed by atoms with Gasteiger partial charge in [-0.15, -0.1) is 0 Å². The molecule has 88 heavy (non-hydrogen) atoms. The van der Waals surface area contributed by atoms with E-state index in [4.69, 9.17) is 49.8 Å². The van der Waals surface area contributed by atoms with Crippen molar-refractivity contribution in [3.8, 4) is 102 Å². The van der Waals surface area contributed by atoms with Gasteiger partial charge < -0.3 is 9.13 Å². The zero-order valence-electron chi connectivity index (χ0n) is 49.5. The first-order valence-corrected chi connectivity index (χ1v) is 29.0. The molecule has 0 amide bonds. The highest BCUT2D eigenvalue weighted by Crippen LogP contribution is 2.43. The van der Waals surface area contributed by atoms with Crippen LogP contribution in [0.2, 0.25) is 0 Å². The van der Waals surface area contributed by atoms with Crippen molar-refractivity contribution < 1.29 is 0 Å². The van der Waals surface area contributed by atoms with Crippen LogP contribution in [0.4, 0.5) is 0 Å². The smallest absolute Gasteiger partial charge is 0.163 e. The first kappa shape index (κ1) is 53.2. The lowest BCUT2D eigenvalue weighted by Gasteiger charge is -2.18. The molecule has 0 N–H and O–H groups in total.